The quantitative estimate of drug-likeness (QED) is 0.570. The van der Waals surface area contributed by atoms with Crippen LogP contribution < -0.4 is 10.6 Å². The molecule has 1 aromatic carbocycles. The molecule has 3 heterocycles. The molecule has 4 rings (SSSR count). The Balaban J connectivity index is 1.61. The van der Waals surface area contributed by atoms with Crippen LogP contribution in [0, 0.1) is 11.7 Å². The SMILES string of the molecule is C[C@@H](OCc1cc(F)cc(-c2cc(NC(=O)[C@@H]3CNC(=O)C3)nn2C2CCOCC2)c1)C(F)(F)F. The molecule has 2 aliphatic rings. The lowest BCUT2D eigenvalue weighted by Gasteiger charge is -2.24. The number of alkyl halides is 3. The Morgan fingerprint density at radius 2 is 2.03 bits per heavy atom. The van der Waals surface area contributed by atoms with Gasteiger partial charge in [-0.3, -0.25) is 14.3 Å². The first-order valence-corrected chi connectivity index (χ1v) is 11.3. The monoisotopic (exact) mass is 498 g/mol. The summed E-state index contributed by atoms with van der Waals surface area (Å²) < 4.78 is 64.9. The van der Waals surface area contributed by atoms with Crippen molar-refractivity contribution in [1.82, 2.24) is 15.1 Å². The van der Waals surface area contributed by atoms with Gasteiger partial charge in [-0.25, -0.2) is 4.39 Å². The molecule has 12 heteroatoms. The van der Waals surface area contributed by atoms with Crippen LogP contribution in [-0.4, -0.2) is 53.6 Å². The molecule has 0 aliphatic carbocycles. The Labute approximate surface area is 199 Å². The summed E-state index contributed by atoms with van der Waals surface area (Å²) in [5.41, 5.74) is 1.12. The minimum atomic E-state index is -4.52. The highest BCUT2D eigenvalue weighted by Crippen LogP contribution is 2.32. The average Bonchev–Trinajstić information content (AvgIpc) is 3.43. The van der Waals surface area contributed by atoms with E-state index in [1.165, 1.54) is 6.07 Å². The van der Waals surface area contributed by atoms with Gasteiger partial charge in [0.2, 0.25) is 11.8 Å². The highest BCUT2D eigenvalue weighted by atomic mass is 19.4. The number of amides is 2. The summed E-state index contributed by atoms with van der Waals surface area (Å²) in [6.07, 6.45) is -5.14. The number of carbonyl (C=O) groups excluding carboxylic acids is 2. The molecule has 0 radical (unpaired) electrons. The molecule has 0 spiro atoms. The van der Waals surface area contributed by atoms with Gasteiger partial charge >= 0.3 is 6.18 Å². The number of carbonyl (C=O) groups is 2. The molecule has 2 fully saturated rings. The van der Waals surface area contributed by atoms with E-state index in [1.54, 1.807) is 16.8 Å². The lowest BCUT2D eigenvalue weighted by Crippen LogP contribution is -2.28. The second kappa shape index (κ2) is 10.3. The number of ether oxygens (including phenoxy) is 2. The standard InChI is InChI=1S/C23H26F4N4O4/c1-13(23(25,26)27)35-12-14-6-15(8-17(24)7-14)19-10-20(29-22(33)16-9-21(32)28-11-16)30-31(19)18-2-4-34-5-3-18/h6-8,10,13,16,18H,2-5,9,11-12H2,1H3,(H,28,32)(H,29,30,33)/t13-,16+/m1/s1. The van der Waals surface area contributed by atoms with E-state index in [0.29, 0.717) is 37.3 Å². The molecule has 0 unspecified atom stereocenters. The van der Waals surface area contributed by atoms with E-state index in [9.17, 15) is 27.2 Å². The van der Waals surface area contributed by atoms with Crippen molar-refractivity contribution < 1.29 is 36.6 Å². The van der Waals surface area contributed by atoms with Gasteiger partial charge in [0.15, 0.2) is 11.9 Å². The van der Waals surface area contributed by atoms with Crippen LogP contribution in [0.2, 0.25) is 0 Å². The van der Waals surface area contributed by atoms with Crippen LogP contribution in [0.25, 0.3) is 11.3 Å². The molecule has 2 aliphatic heterocycles. The van der Waals surface area contributed by atoms with Gasteiger partial charge in [0.25, 0.3) is 0 Å². The lowest BCUT2D eigenvalue weighted by atomic mass is 10.1. The Hall–Kier alpha value is -2.99. The second-order valence-corrected chi connectivity index (χ2v) is 8.74. The van der Waals surface area contributed by atoms with E-state index in [1.807, 2.05) is 0 Å². The number of hydrogen-bond acceptors (Lipinski definition) is 5. The zero-order chi connectivity index (χ0) is 25.2. The third kappa shape index (κ3) is 6.17. The van der Waals surface area contributed by atoms with Crippen molar-refractivity contribution in [3.8, 4) is 11.3 Å². The van der Waals surface area contributed by atoms with Crippen molar-refractivity contribution in [2.45, 2.75) is 51.1 Å². The maximum Gasteiger partial charge on any atom is 0.414 e. The van der Waals surface area contributed by atoms with E-state index >= 15 is 0 Å². The van der Waals surface area contributed by atoms with Crippen molar-refractivity contribution in [2.24, 2.45) is 5.92 Å². The predicted molar refractivity (Wildman–Crippen MR) is 117 cm³/mol. The molecule has 2 aromatic rings. The van der Waals surface area contributed by atoms with Crippen molar-refractivity contribution >= 4 is 17.6 Å². The van der Waals surface area contributed by atoms with E-state index in [0.717, 1.165) is 13.0 Å². The van der Waals surface area contributed by atoms with Crippen molar-refractivity contribution in [3.63, 3.8) is 0 Å². The van der Waals surface area contributed by atoms with Gasteiger partial charge in [-0.15, -0.1) is 0 Å². The fraction of sp³-hybridized carbons (Fsp3) is 0.522. The molecule has 0 bridgehead atoms. The molecule has 0 saturated carbocycles. The van der Waals surface area contributed by atoms with Gasteiger partial charge in [0, 0.05) is 37.8 Å². The normalized spacial score (nSPS) is 20.0. The first-order valence-electron chi connectivity index (χ1n) is 11.3. The topological polar surface area (TPSA) is 94.5 Å². The lowest BCUT2D eigenvalue weighted by molar-refractivity contribution is -0.217. The third-order valence-corrected chi connectivity index (χ3v) is 6.09. The van der Waals surface area contributed by atoms with E-state index < -0.39 is 30.6 Å². The number of anilines is 1. The molecular formula is C23H26F4N4O4. The largest absolute Gasteiger partial charge is 0.414 e. The van der Waals surface area contributed by atoms with Crippen LogP contribution in [-0.2, 0) is 25.7 Å². The highest BCUT2D eigenvalue weighted by molar-refractivity contribution is 5.96. The smallest absolute Gasteiger partial charge is 0.381 e. The van der Waals surface area contributed by atoms with Crippen LogP contribution in [0.5, 0.6) is 0 Å². The van der Waals surface area contributed by atoms with Gasteiger partial charge in [-0.2, -0.15) is 18.3 Å². The number of nitrogens with zero attached hydrogens (tertiary/aromatic N) is 2. The summed E-state index contributed by atoms with van der Waals surface area (Å²) in [4.78, 5) is 24.0. The highest BCUT2D eigenvalue weighted by Gasteiger charge is 2.37. The van der Waals surface area contributed by atoms with Crippen LogP contribution in [0.15, 0.2) is 24.3 Å². The molecule has 190 valence electrons. The fourth-order valence-electron chi connectivity index (χ4n) is 4.10. The number of aromatic nitrogens is 2. The van der Waals surface area contributed by atoms with Gasteiger partial charge < -0.3 is 20.1 Å². The van der Waals surface area contributed by atoms with Gasteiger partial charge in [-0.1, -0.05) is 0 Å². The molecule has 35 heavy (non-hydrogen) atoms. The Bertz CT molecular complexity index is 1080. The van der Waals surface area contributed by atoms with Crippen molar-refractivity contribution in [2.75, 3.05) is 25.1 Å². The van der Waals surface area contributed by atoms with Crippen LogP contribution in [0.4, 0.5) is 23.4 Å². The molecular weight excluding hydrogens is 472 g/mol. The fourth-order valence-corrected chi connectivity index (χ4v) is 4.10. The predicted octanol–water partition coefficient (Wildman–Crippen LogP) is 3.58. The number of hydrogen-bond donors (Lipinski definition) is 2. The number of rotatable bonds is 7. The van der Waals surface area contributed by atoms with Gasteiger partial charge in [0.05, 0.1) is 24.3 Å². The Morgan fingerprint density at radius 3 is 2.69 bits per heavy atom. The van der Waals surface area contributed by atoms with E-state index in [-0.39, 0.29) is 42.2 Å². The molecule has 8 nitrogen and oxygen atoms in total. The molecule has 2 N–H and O–H groups in total. The Kier molecular flexibility index (Phi) is 7.41. The van der Waals surface area contributed by atoms with Gasteiger partial charge in [-0.05, 0) is 43.5 Å². The molecule has 2 atom stereocenters. The third-order valence-electron chi connectivity index (χ3n) is 6.09. The summed E-state index contributed by atoms with van der Waals surface area (Å²) in [6.45, 7) is 1.73. The first-order chi connectivity index (χ1) is 16.6. The van der Waals surface area contributed by atoms with Gasteiger partial charge in [0.1, 0.15) is 5.82 Å². The summed E-state index contributed by atoms with van der Waals surface area (Å²) >= 11 is 0. The summed E-state index contributed by atoms with van der Waals surface area (Å²) in [5, 5.41) is 9.86. The average molecular weight is 498 g/mol. The number of benzene rings is 1. The molecule has 2 saturated heterocycles. The molecule has 1 aromatic heterocycles. The zero-order valence-electron chi connectivity index (χ0n) is 19.0. The van der Waals surface area contributed by atoms with Crippen molar-refractivity contribution in [1.29, 1.82) is 0 Å². The molecule has 2 amide bonds. The Morgan fingerprint density at radius 1 is 1.29 bits per heavy atom. The van der Waals surface area contributed by atoms with E-state index in [2.05, 4.69) is 15.7 Å². The minimum Gasteiger partial charge on any atom is -0.381 e. The maximum absolute atomic E-state index is 14.5. The zero-order valence-corrected chi connectivity index (χ0v) is 19.0. The first kappa shape index (κ1) is 25.1. The van der Waals surface area contributed by atoms with Crippen molar-refractivity contribution in [3.05, 3.63) is 35.6 Å². The number of nitrogens with one attached hydrogen (secondary N) is 2. The summed E-state index contributed by atoms with van der Waals surface area (Å²) in [5.74, 6) is -1.48. The van der Waals surface area contributed by atoms with E-state index in [4.69, 9.17) is 9.47 Å². The minimum absolute atomic E-state index is 0.0765. The summed E-state index contributed by atoms with van der Waals surface area (Å²) in [7, 11) is 0. The van der Waals surface area contributed by atoms with Crippen LogP contribution in [0.3, 0.4) is 0 Å². The maximum atomic E-state index is 14.5. The van der Waals surface area contributed by atoms with Crippen LogP contribution >= 0.6 is 0 Å². The number of halogens is 4. The summed E-state index contributed by atoms with van der Waals surface area (Å²) in [6, 6.07) is 5.44. The van der Waals surface area contributed by atoms with Crippen LogP contribution in [0.1, 0.15) is 37.8 Å². The second-order valence-electron chi connectivity index (χ2n) is 8.74.